The maximum absolute atomic E-state index is 12.9. The third-order valence-electron chi connectivity index (χ3n) is 5.18. The molecule has 2 N–H and O–H groups in total. The van der Waals surface area contributed by atoms with E-state index >= 15 is 0 Å². The van der Waals surface area contributed by atoms with Gasteiger partial charge in [0.15, 0.2) is 0 Å². The molecule has 0 bridgehead atoms. The summed E-state index contributed by atoms with van der Waals surface area (Å²) in [5, 5.41) is 9.96. The number of hydrogen-bond donors (Lipinski definition) is 2. The van der Waals surface area contributed by atoms with E-state index in [-0.39, 0.29) is 24.0 Å². The first-order valence-electron chi connectivity index (χ1n) is 10.1. The topological polar surface area (TPSA) is 104 Å². The van der Waals surface area contributed by atoms with Gasteiger partial charge in [0.1, 0.15) is 0 Å². The fraction of sp³-hybridized carbons (Fsp3) is 0.455. The first-order valence-corrected chi connectivity index (χ1v) is 13.5. The monoisotopic (exact) mass is 468 g/mol. The highest BCUT2D eigenvalue weighted by molar-refractivity contribution is 7.89. The number of rotatable bonds is 11. The Morgan fingerprint density at radius 2 is 1.55 bits per heavy atom. The van der Waals surface area contributed by atoms with Crippen molar-refractivity contribution in [3.63, 3.8) is 0 Å². The van der Waals surface area contributed by atoms with Crippen molar-refractivity contribution in [3.05, 3.63) is 65.7 Å². The molecule has 0 unspecified atom stereocenters. The Balaban J connectivity index is 2.30. The van der Waals surface area contributed by atoms with Crippen molar-refractivity contribution in [2.45, 2.75) is 44.2 Å². The summed E-state index contributed by atoms with van der Waals surface area (Å²) in [7, 11) is -7.55. The maximum Gasteiger partial charge on any atom is 0.240 e. The molecule has 0 radical (unpaired) electrons. The molecule has 7 nitrogen and oxygen atoms in total. The SMILES string of the molecule is Cc1ccc(S(=O)(=O)N[C@H](CN([C@H](CO)Cc2ccccc2)S(C)(=O)=O)C(C)C)cc1. The molecule has 31 heavy (non-hydrogen) atoms. The number of aliphatic hydroxyl groups excluding tert-OH is 1. The zero-order valence-corrected chi connectivity index (χ0v) is 20.0. The summed E-state index contributed by atoms with van der Waals surface area (Å²) in [6.07, 6.45) is 1.40. The predicted molar refractivity (Wildman–Crippen MR) is 123 cm³/mol. The molecule has 0 aromatic heterocycles. The number of nitrogens with zero attached hydrogens (tertiary/aromatic N) is 1. The zero-order valence-electron chi connectivity index (χ0n) is 18.4. The molecule has 2 aromatic rings. The molecular formula is C22H32N2O5S2. The van der Waals surface area contributed by atoms with Gasteiger partial charge in [-0.15, -0.1) is 0 Å². The number of aryl methyl sites for hydroxylation is 1. The van der Waals surface area contributed by atoms with Crippen LogP contribution in [0.3, 0.4) is 0 Å². The van der Waals surface area contributed by atoms with Crippen LogP contribution in [0.1, 0.15) is 25.0 Å². The Morgan fingerprint density at radius 3 is 2.03 bits per heavy atom. The van der Waals surface area contributed by atoms with Crippen LogP contribution < -0.4 is 4.72 Å². The van der Waals surface area contributed by atoms with E-state index in [0.29, 0.717) is 6.42 Å². The van der Waals surface area contributed by atoms with E-state index in [4.69, 9.17) is 0 Å². The van der Waals surface area contributed by atoms with Crippen molar-refractivity contribution in [1.29, 1.82) is 0 Å². The second-order valence-electron chi connectivity index (χ2n) is 8.14. The van der Waals surface area contributed by atoms with E-state index < -0.39 is 32.1 Å². The van der Waals surface area contributed by atoms with Gasteiger partial charge < -0.3 is 5.11 Å². The number of nitrogens with one attached hydrogen (secondary N) is 1. The largest absolute Gasteiger partial charge is 0.395 e. The Kier molecular flexibility index (Phi) is 8.79. The smallest absolute Gasteiger partial charge is 0.240 e. The molecule has 0 aliphatic carbocycles. The lowest BCUT2D eigenvalue weighted by atomic mass is 10.0. The first kappa shape index (κ1) is 25.5. The summed E-state index contributed by atoms with van der Waals surface area (Å²) < 4.78 is 54.8. The molecule has 2 rings (SSSR count). The minimum Gasteiger partial charge on any atom is -0.395 e. The van der Waals surface area contributed by atoms with Crippen LogP contribution in [0, 0.1) is 12.8 Å². The minimum absolute atomic E-state index is 0.0837. The zero-order chi connectivity index (χ0) is 23.2. The molecule has 0 saturated carbocycles. The molecule has 0 heterocycles. The minimum atomic E-state index is -3.84. The van der Waals surface area contributed by atoms with Crippen LogP contribution in [0.25, 0.3) is 0 Å². The Hall–Kier alpha value is -1.78. The van der Waals surface area contributed by atoms with E-state index in [1.54, 1.807) is 12.1 Å². The lowest BCUT2D eigenvalue weighted by Crippen LogP contribution is -2.52. The van der Waals surface area contributed by atoms with Crippen LogP contribution in [-0.2, 0) is 26.5 Å². The molecule has 2 aromatic carbocycles. The lowest BCUT2D eigenvalue weighted by molar-refractivity contribution is 0.174. The van der Waals surface area contributed by atoms with Crippen LogP contribution >= 0.6 is 0 Å². The molecule has 0 fully saturated rings. The predicted octanol–water partition coefficient (Wildman–Crippen LogP) is 2.16. The molecule has 172 valence electrons. The summed E-state index contributed by atoms with van der Waals surface area (Å²) in [5.74, 6) is -0.180. The van der Waals surface area contributed by atoms with Gasteiger partial charge in [0.05, 0.1) is 23.8 Å². The van der Waals surface area contributed by atoms with Gasteiger partial charge in [-0.3, -0.25) is 0 Å². The van der Waals surface area contributed by atoms with E-state index in [1.165, 1.54) is 16.4 Å². The normalized spacial score (nSPS) is 14.7. The third kappa shape index (κ3) is 7.40. The highest BCUT2D eigenvalue weighted by Gasteiger charge is 2.32. The first-order chi connectivity index (χ1) is 14.4. The number of aliphatic hydroxyl groups is 1. The molecule has 2 atom stereocenters. The van der Waals surface area contributed by atoms with Gasteiger partial charge in [-0.05, 0) is 37.0 Å². The number of benzene rings is 2. The van der Waals surface area contributed by atoms with Crippen LogP contribution in [0.15, 0.2) is 59.5 Å². The molecule has 0 aliphatic heterocycles. The fourth-order valence-electron chi connectivity index (χ4n) is 3.26. The second kappa shape index (κ2) is 10.7. The molecule has 0 aliphatic rings. The van der Waals surface area contributed by atoms with Crippen molar-refractivity contribution in [2.75, 3.05) is 19.4 Å². The van der Waals surface area contributed by atoms with Gasteiger partial charge in [-0.25, -0.2) is 21.6 Å². The van der Waals surface area contributed by atoms with Gasteiger partial charge in [-0.1, -0.05) is 61.9 Å². The second-order valence-corrected chi connectivity index (χ2v) is 11.8. The van der Waals surface area contributed by atoms with Gasteiger partial charge in [0, 0.05) is 12.6 Å². The number of sulfonamides is 2. The summed E-state index contributed by atoms with van der Waals surface area (Å²) >= 11 is 0. The van der Waals surface area contributed by atoms with Crippen LogP contribution in [0.2, 0.25) is 0 Å². The molecule has 0 amide bonds. The molecule has 0 saturated heterocycles. The molecule has 0 spiro atoms. The van der Waals surface area contributed by atoms with Gasteiger partial charge in [0.25, 0.3) is 0 Å². The van der Waals surface area contributed by atoms with E-state index in [0.717, 1.165) is 17.4 Å². The summed E-state index contributed by atoms with van der Waals surface area (Å²) in [4.78, 5) is 0.123. The third-order valence-corrected chi connectivity index (χ3v) is 7.98. The highest BCUT2D eigenvalue weighted by Crippen LogP contribution is 2.18. The quantitative estimate of drug-likeness (QED) is 0.526. The van der Waals surface area contributed by atoms with Crippen molar-refractivity contribution < 1.29 is 21.9 Å². The molecular weight excluding hydrogens is 436 g/mol. The maximum atomic E-state index is 12.9. The van der Waals surface area contributed by atoms with E-state index in [9.17, 15) is 21.9 Å². The van der Waals surface area contributed by atoms with Gasteiger partial charge in [-0.2, -0.15) is 4.31 Å². The van der Waals surface area contributed by atoms with Crippen LogP contribution in [0.5, 0.6) is 0 Å². The van der Waals surface area contributed by atoms with Crippen LogP contribution in [-0.4, -0.2) is 57.7 Å². The summed E-state index contributed by atoms with van der Waals surface area (Å²) in [5.41, 5.74) is 1.82. The van der Waals surface area contributed by atoms with Gasteiger partial charge >= 0.3 is 0 Å². The van der Waals surface area contributed by atoms with Gasteiger partial charge in [0.2, 0.25) is 20.0 Å². The van der Waals surface area contributed by atoms with Crippen LogP contribution in [0.4, 0.5) is 0 Å². The van der Waals surface area contributed by atoms with E-state index in [1.807, 2.05) is 51.1 Å². The number of hydrogen-bond acceptors (Lipinski definition) is 5. The van der Waals surface area contributed by atoms with Crippen molar-refractivity contribution in [2.24, 2.45) is 5.92 Å². The standard InChI is InChI=1S/C22H32N2O5S2/c1-17(2)22(23-31(28,29)21-12-10-18(3)11-13-21)15-24(30(4,26)27)20(16-25)14-19-8-6-5-7-9-19/h5-13,17,20,22-23,25H,14-16H2,1-4H3/t20-,22+/m0/s1. The Labute approximate surface area is 186 Å². The average Bonchev–Trinajstić information content (AvgIpc) is 2.69. The van der Waals surface area contributed by atoms with Crippen molar-refractivity contribution in [3.8, 4) is 0 Å². The highest BCUT2D eigenvalue weighted by atomic mass is 32.2. The Morgan fingerprint density at radius 1 is 0.968 bits per heavy atom. The molecule has 9 heteroatoms. The lowest BCUT2D eigenvalue weighted by Gasteiger charge is -2.33. The van der Waals surface area contributed by atoms with E-state index in [2.05, 4.69) is 4.72 Å². The van der Waals surface area contributed by atoms with Crippen molar-refractivity contribution >= 4 is 20.0 Å². The summed E-state index contributed by atoms with van der Waals surface area (Å²) in [6.45, 7) is 5.06. The average molecular weight is 469 g/mol. The van der Waals surface area contributed by atoms with Crippen molar-refractivity contribution in [1.82, 2.24) is 9.03 Å². The Bertz CT molecular complexity index is 1040. The summed E-state index contributed by atoms with van der Waals surface area (Å²) in [6, 6.07) is 14.4. The fourth-order valence-corrected chi connectivity index (χ4v) is 5.75.